The third kappa shape index (κ3) is 4.12. The monoisotopic (exact) mass is 291 g/mol. The highest BCUT2D eigenvalue weighted by Crippen LogP contribution is 2.34. The summed E-state index contributed by atoms with van der Waals surface area (Å²) in [5.41, 5.74) is -1.56. The molecule has 0 spiro atoms. The maximum atomic E-state index is 12.9. The number of aromatic carboxylic acids is 1. The second-order valence-electron chi connectivity index (χ2n) is 4.30. The van der Waals surface area contributed by atoms with Crippen molar-refractivity contribution in [1.29, 1.82) is 0 Å². The van der Waals surface area contributed by atoms with E-state index in [0.717, 1.165) is 12.1 Å². The molecule has 0 aliphatic carbocycles. The van der Waals surface area contributed by atoms with Gasteiger partial charge in [0.25, 0.3) is 0 Å². The molecule has 0 aromatic heterocycles. The molecule has 1 aromatic carbocycles. The molecule has 0 saturated heterocycles. The van der Waals surface area contributed by atoms with Crippen LogP contribution >= 0.6 is 0 Å². The molecule has 0 amide bonds. The number of rotatable bonds is 6. The molecule has 0 aliphatic heterocycles. The highest BCUT2D eigenvalue weighted by Gasteiger charge is 2.35. The van der Waals surface area contributed by atoms with Crippen LogP contribution in [0, 0.1) is 0 Å². The van der Waals surface area contributed by atoms with Crippen LogP contribution in [0.15, 0.2) is 18.2 Å². The van der Waals surface area contributed by atoms with Crippen LogP contribution in [0.2, 0.25) is 0 Å². The van der Waals surface area contributed by atoms with Gasteiger partial charge < -0.3 is 14.7 Å². The van der Waals surface area contributed by atoms with Crippen LogP contribution < -0.4 is 4.90 Å². The van der Waals surface area contributed by atoms with Gasteiger partial charge in [-0.2, -0.15) is 13.2 Å². The fourth-order valence-corrected chi connectivity index (χ4v) is 1.77. The lowest BCUT2D eigenvalue weighted by molar-refractivity contribution is -0.138. The summed E-state index contributed by atoms with van der Waals surface area (Å²) in [5, 5.41) is 8.80. The van der Waals surface area contributed by atoms with Gasteiger partial charge in [-0.15, -0.1) is 0 Å². The molecule has 4 nitrogen and oxygen atoms in total. The minimum atomic E-state index is -4.70. The van der Waals surface area contributed by atoms with E-state index in [2.05, 4.69) is 0 Å². The Labute approximate surface area is 114 Å². The lowest BCUT2D eigenvalue weighted by Crippen LogP contribution is -2.21. The normalized spacial score (nSPS) is 11.4. The molecule has 0 radical (unpaired) electrons. The molecule has 7 heteroatoms. The first-order valence-corrected chi connectivity index (χ1v) is 5.92. The van der Waals surface area contributed by atoms with E-state index < -0.39 is 23.3 Å². The average Bonchev–Trinajstić information content (AvgIpc) is 2.37. The molecule has 112 valence electrons. The summed E-state index contributed by atoms with van der Waals surface area (Å²) >= 11 is 0. The van der Waals surface area contributed by atoms with E-state index in [1.165, 1.54) is 6.07 Å². The van der Waals surface area contributed by atoms with Crippen molar-refractivity contribution in [2.45, 2.75) is 12.6 Å². The van der Waals surface area contributed by atoms with Crippen molar-refractivity contribution in [2.24, 2.45) is 0 Å². The zero-order valence-corrected chi connectivity index (χ0v) is 11.2. The first kappa shape index (κ1) is 16.3. The Morgan fingerprint density at radius 3 is 2.55 bits per heavy atom. The van der Waals surface area contributed by atoms with Crippen molar-refractivity contribution in [3.05, 3.63) is 29.3 Å². The summed E-state index contributed by atoms with van der Waals surface area (Å²) in [4.78, 5) is 12.5. The topological polar surface area (TPSA) is 49.8 Å². The SMILES string of the molecule is COCCCN(C)c1ccc(C(=O)O)c(C(F)(F)F)c1. The Kier molecular flexibility index (Phi) is 5.38. The molecule has 0 bridgehead atoms. The highest BCUT2D eigenvalue weighted by atomic mass is 19.4. The second kappa shape index (κ2) is 6.60. The van der Waals surface area contributed by atoms with Gasteiger partial charge in [-0.05, 0) is 24.6 Å². The zero-order chi connectivity index (χ0) is 15.3. The van der Waals surface area contributed by atoms with Gasteiger partial charge in [-0.1, -0.05) is 0 Å². The Morgan fingerprint density at radius 2 is 2.05 bits per heavy atom. The molecule has 1 N–H and O–H groups in total. The number of benzene rings is 1. The van der Waals surface area contributed by atoms with Crippen molar-refractivity contribution in [3.8, 4) is 0 Å². The van der Waals surface area contributed by atoms with Gasteiger partial charge in [-0.25, -0.2) is 4.79 Å². The first-order chi connectivity index (χ1) is 9.27. The number of hydrogen-bond donors (Lipinski definition) is 1. The fourth-order valence-electron chi connectivity index (χ4n) is 1.77. The van der Waals surface area contributed by atoms with Crippen molar-refractivity contribution >= 4 is 11.7 Å². The maximum Gasteiger partial charge on any atom is 0.417 e. The van der Waals surface area contributed by atoms with Gasteiger partial charge in [0, 0.05) is 33.0 Å². The van der Waals surface area contributed by atoms with Crippen LogP contribution in [0.5, 0.6) is 0 Å². The number of halogens is 3. The summed E-state index contributed by atoms with van der Waals surface area (Å²) in [6.45, 7) is 1.02. The minimum Gasteiger partial charge on any atom is -0.478 e. The second-order valence-corrected chi connectivity index (χ2v) is 4.30. The molecule has 0 heterocycles. The third-order valence-corrected chi connectivity index (χ3v) is 2.82. The van der Waals surface area contributed by atoms with E-state index in [4.69, 9.17) is 9.84 Å². The van der Waals surface area contributed by atoms with Crippen LogP contribution in [0.25, 0.3) is 0 Å². The Bertz CT molecular complexity index is 474. The largest absolute Gasteiger partial charge is 0.478 e. The molecular weight excluding hydrogens is 275 g/mol. The first-order valence-electron chi connectivity index (χ1n) is 5.92. The van der Waals surface area contributed by atoms with Crippen LogP contribution in [-0.2, 0) is 10.9 Å². The highest BCUT2D eigenvalue weighted by molar-refractivity contribution is 5.90. The van der Waals surface area contributed by atoms with Crippen molar-refractivity contribution in [3.63, 3.8) is 0 Å². The van der Waals surface area contributed by atoms with Crippen molar-refractivity contribution in [2.75, 3.05) is 32.2 Å². The number of anilines is 1. The maximum absolute atomic E-state index is 12.9. The zero-order valence-electron chi connectivity index (χ0n) is 11.2. The van der Waals surface area contributed by atoms with Crippen LogP contribution in [0.3, 0.4) is 0 Å². The quantitative estimate of drug-likeness (QED) is 0.819. The van der Waals surface area contributed by atoms with Gasteiger partial charge in [-0.3, -0.25) is 0 Å². The number of hydrogen-bond acceptors (Lipinski definition) is 3. The van der Waals surface area contributed by atoms with E-state index in [9.17, 15) is 18.0 Å². The molecule has 1 aromatic rings. The molecule has 1 rings (SSSR count). The van der Waals surface area contributed by atoms with Gasteiger partial charge in [0.15, 0.2) is 0 Å². The Morgan fingerprint density at radius 1 is 1.40 bits per heavy atom. The molecule has 0 saturated carbocycles. The Hall–Kier alpha value is -1.76. The van der Waals surface area contributed by atoms with Gasteiger partial charge >= 0.3 is 12.1 Å². The van der Waals surface area contributed by atoms with Crippen molar-refractivity contribution < 1.29 is 27.8 Å². The van der Waals surface area contributed by atoms with E-state index in [-0.39, 0.29) is 0 Å². The standard InChI is InChI=1S/C13H16F3NO3/c1-17(6-3-7-20-2)9-4-5-10(12(18)19)11(8-9)13(14,15)16/h4-5,8H,3,6-7H2,1-2H3,(H,18,19). The fraction of sp³-hybridized carbons (Fsp3) is 0.462. The summed E-state index contributed by atoms with van der Waals surface area (Å²) in [7, 11) is 3.19. The molecule has 0 atom stereocenters. The summed E-state index contributed by atoms with van der Waals surface area (Å²) < 4.78 is 43.4. The number of nitrogens with zero attached hydrogens (tertiary/aromatic N) is 1. The van der Waals surface area contributed by atoms with E-state index in [1.54, 1.807) is 19.1 Å². The number of methoxy groups -OCH3 is 1. The molecule has 0 fully saturated rings. The van der Waals surface area contributed by atoms with Crippen molar-refractivity contribution in [1.82, 2.24) is 0 Å². The van der Waals surface area contributed by atoms with Gasteiger partial charge in [0.2, 0.25) is 0 Å². The number of carbonyl (C=O) groups is 1. The van der Waals surface area contributed by atoms with Gasteiger partial charge in [0.05, 0.1) is 11.1 Å². The molecule has 0 aliphatic rings. The number of ether oxygens (including phenoxy) is 1. The number of alkyl halides is 3. The van der Waals surface area contributed by atoms with E-state index in [1.807, 2.05) is 0 Å². The van der Waals surface area contributed by atoms with E-state index in [0.29, 0.717) is 25.3 Å². The molecular formula is C13H16F3NO3. The Balaban J connectivity index is 3.03. The smallest absolute Gasteiger partial charge is 0.417 e. The molecule has 20 heavy (non-hydrogen) atoms. The average molecular weight is 291 g/mol. The third-order valence-electron chi connectivity index (χ3n) is 2.82. The van der Waals surface area contributed by atoms with E-state index >= 15 is 0 Å². The van der Waals surface area contributed by atoms with Crippen LogP contribution in [0.4, 0.5) is 18.9 Å². The van der Waals surface area contributed by atoms with Crippen LogP contribution in [0.1, 0.15) is 22.3 Å². The van der Waals surface area contributed by atoms with Gasteiger partial charge in [0.1, 0.15) is 0 Å². The summed E-state index contributed by atoms with van der Waals surface area (Å²) in [6.07, 6.45) is -4.04. The molecule has 0 unspecified atom stereocenters. The summed E-state index contributed by atoms with van der Waals surface area (Å²) in [6, 6.07) is 3.20. The lowest BCUT2D eigenvalue weighted by Gasteiger charge is -2.21. The predicted octanol–water partition coefficient (Wildman–Crippen LogP) is 2.88. The number of carboxylic acids is 1. The van der Waals surface area contributed by atoms with Crippen LogP contribution in [-0.4, -0.2) is 38.4 Å². The lowest BCUT2D eigenvalue weighted by atomic mass is 10.1. The minimum absolute atomic E-state index is 0.318. The summed E-state index contributed by atoms with van der Waals surface area (Å²) in [5.74, 6) is -1.59. The number of carboxylic acid groups (broad SMARTS) is 1. The predicted molar refractivity (Wildman–Crippen MR) is 68.2 cm³/mol.